The summed E-state index contributed by atoms with van der Waals surface area (Å²) >= 11 is 0. The smallest absolute Gasteiger partial charge is 0.411 e. The maximum absolute atomic E-state index is 12.1. The molecule has 1 saturated heterocycles. The number of amides is 1. The largest absolute Gasteiger partial charge is 0.464 e. The second-order valence-corrected chi connectivity index (χ2v) is 5.58. The lowest BCUT2D eigenvalue weighted by Gasteiger charge is -2.37. The topological polar surface area (TPSA) is 76.1 Å². The van der Waals surface area contributed by atoms with E-state index in [9.17, 15) is 14.7 Å². The lowest BCUT2D eigenvalue weighted by atomic mass is 9.99. The molecular formula is C13H23NO5. The van der Waals surface area contributed by atoms with Crippen LogP contribution >= 0.6 is 0 Å². The third-order valence-corrected chi connectivity index (χ3v) is 2.76. The molecule has 6 heteroatoms. The minimum absolute atomic E-state index is 0.213. The number of ether oxygens (including phenoxy) is 2. The highest BCUT2D eigenvalue weighted by atomic mass is 16.6. The summed E-state index contributed by atoms with van der Waals surface area (Å²) in [5, 5.41) is 9.93. The van der Waals surface area contributed by atoms with Crippen molar-refractivity contribution in [2.45, 2.75) is 58.3 Å². The Labute approximate surface area is 113 Å². The highest BCUT2D eigenvalue weighted by Crippen LogP contribution is 2.22. The highest BCUT2D eigenvalue weighted by Gasteiger charge is 2.41. The Bertz CT molecular complexity index is 336. The van der Waals surface area contributed by atoms with Crippen LogP contribution in [0.15, 0.2) is 0 Å². The van der Waals surface area contributed by atoms with Gasteiger partial charge in [0.1, 0.15) is 5.60 Å². The number of esters is 1. The number of carbonyl (C=O) groups is 2. The first-order valence-electron chi connectivity index (χ1n) is 6.60. The third-order valence-electron chi connectivity index (χ3n) is 2.76. The first-order chi connectivity index (χ1) is 8.76. The Morgan fingerprint density at radius 2 is 2.00 bits per heavy atom. The molecule has 0 spiro atoms. The number of aliphatic hydroxyl groups excluding tert-OH is 1. The van der Waals surface area contributed by atoms with Crippen LogP contribution in [0.4, 0.5) is 4.79 Å². The summed E-state index contributed by atoms with van der Waals surface area (Å²) in [5.74, 6) is -0.583. The molecule has 19 heavy (non-hydrogen) atoms. The number of likely N-dealkylation sites (tertiary alicyclic amines) is 1. The fourth-order valence-electron chi connectivity index (χ4n) is 2.01. The summed E-state index contributed by atoms with van der Waals surface area (Å²) in [6.45, 7) is 7.55. The molecule has 1 aliphatic heterocycles. The second kappa shape index (κ2) is 6.23. The summed E-state index contributed by atoms with van der Waals surface area (Å²) in [7, 11) is 0. The van der Waals surface area contributed by atoms with Gasteiger partial charge in [0.15, 0.2) is 6.04 Å². The van der Waals surface area contributed by atoms with E-state index in [1.165, 1.54) is 4.90 Å². The van der Waals surface area contributed by atoms with E-state index in [0.717, 1.165) is 0 Å². The molecule has 6 nitrogen and oxygen atoms in total. The third kappa shape index (κ3) is 4.38. The summed E-state index contributed by atoms with van der Waals surface area (Å²) in [6.07, 6.45) is -0.386. The fourth-order valence-corrected chi connectivity index (χ4v) is 2.01. The van der Waals surface area contributed by atoms with E-state index in [2.05, 4.69) is 0 Å². The van der Waals surface area contributed by atoms with Crippen molar-refractivity contribution in [3.05, 3.63) is 0 Å². The van der Waals surface area contributed by atoms with Crippen LogP contribution in [0.3, 0.4) is 0 Å². The minimum Gasteiger partial charge on any atom is -0.464 e. The molecule has 0 bridgehead atoms. The predicted molar refractivity (Wildman–Crippen MR) is 68.6 cm³/mol. The fraction of sp³-hybridized carbons (Fsp3) is 0.846. The lowest BCUT2D eigenvalue weighted by molar-refractivity contribution is -0.156. The SMILES string of the molecule is CCOC(=O)[C@H]1[C@H](O)CCCN1C(=O)OC(C)(C)C. The molecule has 0 aliphatic carbocycles. The summed E-state index contributed by atoms with van der Waals surface area (Å²) in [5.41, 5.74) is -0.640. The molecule has 0 aromatic rings. The van der Waals surface area contributed by atoms with Crippen LogP contribution in [-0.2, 0) is 14.3 Å². The Hall–Kier alpha value is -1.30. The average molecular weight is 273 g/mol. The number of hydrogen-bond donors (Lipinski definition) is 1. The van der Waals surface area contributed by atoms with Crippen molar-refractivity contribution in [3.63, 3.8) is 0 Å². The van der Waals surface area contributed by atoms with Gasteiger partial charge in [0, 0.05) is 6.54 Å². The van der Waals surface area contributed by atoms with Crippen LogP contribution < -0.4 is 0 Å². The van der Waals surface area contributed by atoms with E-state index in [0.29, 0.717) is 19.4 Å². The highest BCUT2D eigenvalue weighted by molar-refractivity contribution is 5.82. The van der Waals surface area contributed by atoms with Crippen molar-refractivity contribution < 1.29 is 24.2 Å². The van der Waals surface area contributed by atoms with Gasteiger partial charge < -0.3 is 14.6 Å². The Balaban J connectivity index is 2.82. The van der Waals surface area contributed by atoms with Gasteiger partial charge in [-0.3, -0.25) is 4.90 Å². The molecule has 1 fully saturated rings. The number of carbonyl (C=O) groups excluding carboxylic acids is 2. The molecule has 0 aromatic heterocycles. The molecule has 0 saturated carbocycles. The zero-order valence-electron chi connectivity index (χ0n) is 12.0. The van der Waals surface area contributed by atoms with E-state index < -0.39 is 29.8 Å². The maximum atomic E-state index is 12.1. The van der Waals surface area contributed by atoms with Crippen LogP contribution in [0.2, 0.25) is 0 Å². The van der Waals surface area contributed by atoms with Crippen molar-refractivity contribution in [1.29, 1.82) is 0 Å². The van der Waals surface area contributed by atoms with Crippen LogP contribution in [0.5, 0.6) is 0 Å². The minimum atomic E-state index is -0.969. The van der Waals surface area contributed by atoms with Crippen molar-refractivity contribution in [2.24, 2.45) is 0 Å². The molecule has 0 unspecified atom stereocenters. The molecule has 1 N–H and O–H groups in total. The summed E-state index contributed by atoms with van der Waals surface area (Å²) in [6, 6.07) is -0.969. The molecular weight excluding hydrogens is 250 g/mol. The second-order valence-electron chi connectivity index (χ2n) is 5.58. The maximum Gasteiger partial charge on any atom is 0.411 e. The van der Waals surface area contributed by atoms with Crippen LogP contribution in [0.1, 0.15) is 40.5 Å². The first-order valence-corrected chi connectivity index (χ1v) is 6.60. The van der Waals surface area contributed by atoms with E-state index in [-0.39, 0.29) is 6.61 Å². The zero-order valence-corrected chi connectivity index (χ0v) is 12.0. The number of hydrogen-bond acceptors (Lipinski definition) is 5. The Morgan fingerprint density at radius 3 is 2.53 bits per heavy atom. The van der Waals surface area contributed by atoms with Gasteiger partial charge in [-0.1, -0.05) is 0 Å². The lowest BCUT2D eigenvalue weighted by Crippen LogP contribution is -2.56. The van der Waals surface area contributed by atoms with E-state index in [1.807, 2.05) is 0 Å². The van der Waals surface area contributed by atoms with E-state index in [1.54, 1.807) is 27.7 Å². The van der Waals surface area contributed by atoms with Gasteiger partial charge in [0.05, 0.1) is 12.7 Å². The molecule has 0 radical (unpaired) electrons. The summed E-state index contributed by atoms with van der Waals surface area (Å²) < 4.78 is 10.2. The molecule has 1 aliphatic rings. The average Bonchev–Trinajstić information content (AvgIpc) is 2.26. The van der Waals surface area contributed by atoms with Gasteiger partial charge in [0.25, 0.3) is 0 Å². The Morgan fingerprint density at radius 1 is 1.37 bits per heavy atom. The van der Waals surface area contributed by atoms with Gasteiger partial charge in [-0.2, -0.15) is 0 Å². The normalized spacial score (nSPS) is 23.9. The van der Waals surface area contributed by atoms with Crippen molar-refractivity contribution >= 4 is 12.1 Å². The molecule has 1 amide bonds. The molecule has 1 rings (SSSR count). The van der Waals surface area contributed by atoms with Gasteiger partial charge in [0.2, 0.25) is 0 Å². The van der Waals surface area contributed by atoms with Gasteiger partial charge in [-0.05, 0) is 40.5 Å². The number of rotatable bonds is 2. The van der Waals surface area contributed by atoms with Crippen LogP contribution in [0, 0.1) is 0 Å². The van der Waals surface area contributed by atoms with Crippen molar-refractivity contribution in [3.8, 4) is 0 Å². The van der Waals surface area contributed by atoms with Crippen molar-refractivity contribution in [2.75, 3.05) is 13.2 Å². The molecule has 1 heterocycles. The first kappa shape index (κ1) is 15.8. The van der Waals surface area contributed by atoms with E-state index in [4.69, 9.17) is 9.47 Å². The van der Waals surface area contributed by atoms with Crippen LogP contribution in [-0.4, -0.2) is 53.0 Å². The predicted octanol–water partition coefficient (Wildman–Crippen LogP) is 1.31. The monoisotopic (exact) mass is 273 g/mol. The quantitative estimate of drug-likeness (QED) is 0.768. The zero-order chi connectivity index (χ0) is 14.6. The van der Waals surface area contributed by atoms with Crippen molar-refractivity contribution in [1.82, 2.24) is 4.90 Å². The van der Waals surface area contributed by atoms with E-state index >= 15 is 0 Å². The standard InChI is InChI=1S/C13H23NO5/c1-5-18-11(16)10-9(15)7-6-8-14(10)12(17)19-13(2,3)4/h9-10,15H,5-8H2,1-4H3/t9-,10-/m1/s1. The van der Waals surface area contributed by atoms with Gasteiger partial charge >= 0.3 is 12.1 Å². The number of piperidine rings is 1. The Kier molecular flexibility index (Phi) is 5.17. The number of nitrogens with zero attached hydrogens (tertiary/aromatic N) is 1. The molecule has 0 aromatic carbocycles. The molecule has 110 valence electrons. The van der Waals surface area contributed by atoms with Gasteiger partial charge in [-0.25, -0.2) is 9.59 Å². The number of aliphatic hydroxyl groups is 1. The van der Waals surface area contributed by atoms with Gasteiger partial charge in [-0.15, -0.1) is 0 Å². The molecule has 2 atom stereocenters. The van der Waals surface area contributed by atoms with Crippen LogP contribution in [0.25, 0.3) is 0 Å². The summed E-state index contributed by atoms with van der Waals surface area (Å²) in [4.78, 5) is 25.2.